The third kappa shape index (κ3) is 4.50. The van der Waals surface area contributed by atoms with Crippen molar-refractivity contribution >= 4 is 63.1 Å². The lowest BCUT2D eigenvalue weighted by Gasteiger charge is -2.20. The molecule has 2 aliphatic rings. The molecule has 2 fully saturated rings. The molecule has 0 N–H and O–H groups in total. The minimum absolute atomic E-state index is 0.109. The van der Waals surface area contributed by atoms with Gasteiger partial charge in [0.15, 0.2) is 0 Å². The largest absolute Gasteiger partial charge is 0.341 e. The summed E-state index contributed by atoms with van der Waals surface area (Å²) in [6.45, 7) is 1.87. The van der Waals surface area contributed by atoms with E-state index < -0.39 is 0 Å². The van der Waals surface area contributed by atoms with Crippen molar-refractivity contribution in [3.8, 4) is 0 Å². The van der Waals surface area contributed by atoms with Gasteiger partial charge >= 0.3 is 0 Å². The minimum Gasteiger partial charge on any atom is -0.341 e. The van der Waals surface area contributed by atoms with E-state index in [2.05, 4.69) is 0 Å². The Morgan fingerprint density at radius 2 is 1.68 bits per heavy atom. The van der Waals surface area contributed by atoms with Gasteiger partial charge in [0.05, 0.1) is 10.6 Å². The number of hydrogen-bond donors (Lipinski definition) is 0. The van der Waals surface area contributed by atoms with Gasteiger partial charge in [-0.3, -0.25) is 14.4 Å². The van der Waals surface area contributed by atoms with E-state index in [1.54, 1.807) is 30.3 Å². The highest BCUT2D eigenvalue weighted by molar-refractivity contribution is 8.19. The number of rotatable bonds is 4. The molecule has 3 aromatic rings. The van der Waals surface area contributed by atoms with Crippen molar-refractivity contribution in [1.82, 2.24) is 9.47 Å². The molecule has 174 valence electrons. The Morgan fingerprint density at radius 3 is 2.41 bits per heavy atom. The standard InChI is InChI=1S/C26H24ClN3O3S/c27-19-9-11-20(12-10-19)30-25(32)23(34-26(30)33)15-18-16-29(22-8-4-3-7-21(18)22)17-24(31)28-13-5-1-2-6-14-28/h3-4,7-12,15-16H,1-2,5-6,13-14,17H2/b23-15-. The summed E-state index contributed by atoms with van der Waals surface area (Å²) in [5.41, 5.74) is 2.22. The van der Waals surface area contributed by atoms with Crippen LogP contribution < -0.4 is 4.90 Å². The van der Waals surface area contributed by atoms with E-state index in [0.717, 1.165) is 59.1 Å². The van der Waals surface area contributed by atoms with Crippen LogP contribution in [0.5, 0.6) is 0 Å². The van der Waals surface area contributed by atoms with Crippen LogP contribution in [0.25, 0.3) is 17.0 Å². The molecular formula is C26H24ClN3O3S. The van der Waals surface area contributed by atoms with Crippen LogP contribution in [0.1, 0.15) is 31.2 Å². The van der Waals surface area contributed by atoms with Crippen molar-refractivity contribution in [2.75, 3.05) is 18.0 Å². The molecule has 8 heteroatoms. The first-order chi connectivity index (χ1) is 16.5. The molecule has 2 aliphatic heterocycles. The van der Waals surface area contributed by atoms with Crippen molar-refractivity contribution in [2.45, 2.75) is 32.2 Å². The SMILES string of the molecule is O=C(Cn1cc(/C=C2\SC(=O)N(c3ccc(Cl)cc3)C2=O)c2ccccc21)N1CCCCCC1. The van der Waals surface area contributed by atoms with Crippen molar-refractivity contribution in [3.05, 3.63) is 70.2 Å². The van der Waals surface area contributed by atoms with E-state index in [-0.39, 0.29) is 23.6 Å². The number of imide groups is 1. The van der Waals surface area contributed by atoms with Crippen molar-refractivity contribution in [3.63, 3.8) is 0 Å². The summed E-state index contributed by atoms with van der Waals surface area (Å²) in [6.07, 6.45) is 8.09. The van der Waals surface area contributed by atoms with Gasteiger partial charge in [-0.2, -0.15) is 0 Å². The van der Waals surface area contributed by atoms with Crippen LogP contribution in [-0.2, 0) is 16.1 Å². The van der Waals surface area contributed by atoms with Crippen LogP contribution in [0.4, 0.5) is 10.5 Å². The summed E-state index contributed by atoms with van der Waals surface area (Å²) in [6, 6.07) is 14.4. The molecule has 6 nitrogen and oxygen atoms in total. The molecule has 1 aromatic heterocycles. The maximum Gasteiger partial charge on any atom is 0.298 e. The normalized spacial score (nSPS) is 18.2. The molecule has 0 aliphatic carbocycles. The topological polar surface area (TPSA) is 62.6 Å². The fourth-order valence-electron chi connectivity index (χ4n) is 4.51. The molecule has 3 amide bonds. The molecule has 0 radical (unpaired) electrons. The van der Waals surface area contributed by atoms with Gasteiger partial charge in [0.25, 0.3) is 11.1 Å². The number of nitrogens with zero attached hydrogens (tertiary/aromatic N) is 3. The van der Waals surface area contributed by atoms with Crippen molar-refractivity contribution in [1.29, 1.82) is 0 Å². The second-order valence-corrected chi connectivity index (χ2v) is 9.95. The van der Waals surface area contributed by atoms with E-state index in [1.807, 2.05) is 39.9 Å². The third-order valence-corrected chi connectivity index (χ3v) is 7.37. The number of aromatic nitrogens is 1. The average molecular weight is 494 g/mol. The Bertz CT molecular complexity index is 1290. The molecule has 2 saturated heterocycles. The van der Waals surface area contributed by atoms with Crippen LogP contribution in [0.3, 0.4) is 0 Å². The first-order valence-corrected chi connectivity index (χ1v) is 12.6. The fourth-order valence-corrected chi connectivity index (χ4v) is 5.47. The van der Waals surface area contributed by atoms with E-state index >= 15 is 0 Å². The van der Waals surface area contributed by atoms with Gasteiger partial charge in [-0.15, -0.1) is 0 Å². The highest BCUT2D eigenvalue weighted by atomic mass is 35.5. The Kier molecular flexibility index (Phi) is 6.48. The Balaban J connectivity index is 1.44. The second kappa shape index (κ2) is 9.68. The summed E-state index contributed by atoms with van der Waals surface area (Å²) in [5, 5.41) is 1.12. The number of anilines is 1. The zero-order chi connectivity index (χ0) is 23.7. The number of fused-ring (bicyclic) bond motifs is 1. The number of carbonyl (C=O) groups is 3. The Morgan fingerprint density at radius 1 is 0.971 bits per heavy atom. The van der Waals surface area contributed by atoms with Crippen LogP contribution in [0, 0.1) is 0 Å². The number of hydrogen-bond acceptors (Lipinski definition) is 4. The number of para-hydroxylation sites is 1. The molecule has 0 atom stereocenters. The van der Waals surface area contributed by atoms with Gasteiger partial charge in [-0.1, -0.05) is 42.6 Å². The summed E-state index contributed by atoms with van der Waals surface area (Å²) in [5.74, 6) is -0.257. The van der Waals surface area contributed by atoms with E-state index in [9.17, 15) is 14.4 Å². The lowest BCUT2D eigenvalue weighted by molar-refractivity contribution is -0.131. The molecule has 34 heavy (non-hydrogen) atoms. The molecule has 5 rings (SSSR count). The maximum absolute atomic E-state index is 13.1. The smallest absolute Gasteiger partial charge is 0.298 e. The first-order valence-electron chi connectivity index (χ1n) is 11.4. The quantitative estimate of drug-likeness (QED) is 0.422. The van der Waals surface area contributed by atoms with Crippen molar-refractivity contribution < 1.29 is 14.4 Å². The minimum atomic E-state index is -0.366. The predicted octanol–water partition coefficient (Wildman–Crippen LogP) is 5.94. The summed E-state index contributed by atoms with van der Waals surface area (Å²) in [4.78, 5) is 42.2. The number of carbonyl (C=O) groups excluding carboxylic acids is 3. The highest BCUT2D eigenvalue weighted by Crippen LogP contribution is 2.37. The summed E-state index contributed by atoms with van der Waals surface area (Å²) in [7, 11) is 0. The molecular weight excluding hydrogens is 470 g/mol. The monoisotopic (exact) mass is 493 g/mol. The third-order valence-electron chi connectivity index (χ3n) is 6.25. The average Bonchev–Trinajstić information content (AvgIpc) is 3.15. The zero-order valence-electron chi connectivity index (χ0n) is 18.6. The Labute approximate surface area is 207 Å². The molecule has 0 saturated carbocycles. The molecule has 0 bridgehead atoms. The maximum atomic E-state index is 13.1. The predicted molar refractivity (Wildman–Crippen MR) is 137 cm³/mol. The van der Waals surface area contributed by atoms with Gasteiger partial charge in [0.2, 0.25) is 5.91 Å². The lowest BCUT2D eigenvalue weighted by Crippen LogP contribution is -2.34. The number of likely N-dealkylation sites (tertiary alicyclic amines) is 1. The van der Waals surface area contributed by atoms with Gasteiger partial charge < -0.3 is 9.47 Å². The lowest BCUT2D eigenvalue weighted by atomic mass is 10.1. The van der Waals surface area contributed by atoms with Gasteiger partial charge in [-0.05, 0) is 61.0 Å². The highest BCUT2D eigenvalue weighted by Gasteiger charge is 2.36. The Hall–Kier alpha value is -3.03. The second-order valence-electron chi connectivity index (χ2n) is 8.52. The van der Waals surface area contributed by atoms with E-state index in [4.69, 9.17) is 11.6 Å². The van der Waals surface area contributed by atoms with Gasteiger partial charge in [0.1, 0.15) is 6.54 Å². The number of thioether (sulfide) groups is 1. The molecule has 0 unspecified atom stereocenters. The van der Waals surface area contributed by atoms with Gasteiger partial charge in [-0.25, -0.2) is 4.90 Å². The molecule has 3 heterocycles. The zero-order valence-corrected chi connectivity index (χ0v) is 20.1. The van der Waals surface area contributed by atoms with Crippen LogP contribution in [-0.4, -0.2) is 39.6 Å². The molecule has 2 aromatic carbocycles. The van der Waals surface area contributed by atoms with Crippen LogP contribution >= 0.6 is 23.4 Å². The molecule has 0 spiro atoms. The van der Waals surface area contributed by atoms with Crippen molar-refractivity contribution in [2.24, 2.45) is 0 Å². The van der Waals surface area contributed by atoms with E-state index in [1.165, 1.54) is 12.8 Å². The van der Waals surface area contributed by atoms with Gasteiger partial charge in [0, 0.05) is 40.8 Å². The van der Waals surface area contributed by atoms with Crippen LogP contribution in [0.2, 0.25) is 5.02 Å². The summed E-state index contributed by atoms with van der Waals surface area (Å²) < 4.78 is 1.94. The van der Waals surface area contributed by atoms with E-state index in [0.29, 0.717) is 15.6 Å². The summed E-state index contributed by atoms with van der Waals surface area (Å²) >= 11 is 6.86. The number of benzene rings is 2. The number of halogens is 1. The van der Waals surface area contributed by atoms with Crippen LogP contribution in [0.15, 0.2) is 59.6 Å². The fraction of sp³-hybridized carbons (Fsp3) is 0.269. The first kappa shape index (κ1) is 22.7. The number of amides is 3.